The number of anilines is 1. The molecule has 0 spiro atoms. The number of benzene rings is 1. The number of aliphatic hydroxyl groups is 1. The Morgan fingerprint density at radius 1 is 1.33 bits per heavy atom. The maximum absolute atomic E-state index is 9.74. The van der Waals surface area contributed by atoms with Gasteiger partial charge in [-0.2, -0.15) is 0 Å². The Labute approximate surface area is 110 Å². The topological polar surface area (TPSA) is 35.5 Å². The molecule has 2 N–H and O–H groups in total. The van der Waals surface area contributed by atoms with Gasteiger partial charge in [0.05, 0.1) is 12.1 Å². The minimum Gasteiger partial charge on any atom is -0.394 e. The van der Waals surface area contributed by atoms with Crippen molar-refractivity contribution in [2.24, 2.45) is 5.92 Å². The first-order chi connectivity index (χ1) is 8.61. The molecule has 3 heteroatoms. The second-order valence-corrected chi connectivity index (χ2v) is 5.53. The van der Waals surface area contributed by atoms with Crippen LogP contribution in [0.4, 0.5) is 5.69 Å². The van der Waals surface area contributed by atoms with Crippen LogP contribution < -0.4 is 10.2 Å². The highest BCUT2D eigenvalue weighted by Gasteiger charge is 2.44. The molecule has 3 nitrogen and oxygen atoms in total. The molecule has 0 radical (unpaired) electrons. The average Bonchev–Trinajstić information content (AvgIpc) is 3.21. The third-order valence-corrected chi connectivity index (χ3v) is 4.13. The minimum absolute atomic E-state index is 0.153. The fourth-order valence-corrected chi connectivity index (χ4v) is 2.62. The molecule has 1 aromatic carbocycles. The van der Waals surface area contributed by atoms with Crippen molar-refractivity contribution in [3.05, 3.63) is 29.8 Å². The Morgan fingerprint density at radius 2 is 1.94 bits per heavy atom. The van der Waals surface area contributed by atoms with Gasteiger partial charge in [0.15, 0.2) is 0 Å². The first-order valence-corrected chi connectivity index (χ1v) is 6.69. The Kier molecular flexibility index (Phi) is 3.93. The third-order valence-electron chi connectivity index (χ3n) is 4.13. The molecule has 0 aromatic heterocycles. The van der Waals surface area contributed by atoms with Crippen molar-refractivity contribution in [3.63, 3.8) is 0 Å². The van der Waals surface area contributed by atoms with E-state index in [1.165, 1.54) is 24.1 Å². The SMILES string of the molecule is CNC(CO)(CN(C)c1ccc(C)cc1)C1CC1. The van der Waals surface area contributed by atoms with E-state index in [1.54, 1.807) is 0 Å². The third kappa shape index (κ3) is 2.68. The lowest BCUT2D eigenvalue weighted by atomic mass is 9.93. The van der Waals surface area contributed by atoms with Crippen molar-refractivity contribution < 1.29 is 5.11 Å². The van der Waals surface area contributed by atoms with Gasteiger partial charge >= 0.3 is 0 Å². The van der Waals surface area contributed by atoms with Crippen LogP contribution in [0.15, 0.2) is 24.3 Å². The van der Waals surface area contributed by atoms with Gasteiger partial charge in [0.1, 0.15) is 0 Å². The summed E-state index contributed by atoms with van der Waals surface area (Å²) in [6, 6.07) is 8.53. The van der Waals surface area contributed by atoms with Crippen molar-refractivity contribution in [2.75, 3.05) is 32.1 Å². The van der Waals surface area contributed by atoms with Gasteiger partial charge in [0, 0.05) is 19.3 Å². The van der Waals surface area contributed by atoms with Gasteiger partial charge in [-0.25, -0.2) is 0 Å². The lowest BCUT2D eigenvalue weighted by Crippen LogP contribution is -2.56. The predicted octanol–water partition coefficient (Wildman–Crippen LogP) is 1.79. The van der Waals surface area contributed by atoms with Gasteiger partial charge in [-0.3, -0.25) is 0 Å². The van der Waals surface area contributed by atoms with Crippen LogP contribution in [-0.2, 0) is 0 Å². The zero-order valence-corrected chi connectivity index (χ0v) is 11.6. The molecule has 0 aliphatic heterocycles. The number of nitrogens with one attached hydrogen (secondary N) is 1. The molecule has 100 valence electrons. The Hall–Kier alpha value is -1.06. The average molecular weight is 248 g/mol. The molecule has 0 saturated heterocycles. The molecule has 18 heavy (non-hydrogen) atoms. The van der Waals surface area contributed by atoms with Crippen LogP contribution >= 0.6 is 0 Å². The smallest absolute Gasteiger partial charge is 0.0633 e. The number of hydrogen-bond donors (Lipinski definition) is 2. The van der Waals surface area contributed by atoms with Crippen molar-refractivity contribution >= 4 is 5.69 Å². The minimum atomic E-state index is -0.153. The molecule has 1 unspecified atom stereocenters. The van der Waals surface area contributed by atoms with E-state index in [1.807, 2.05) is 7.05 Å². The van der Waals surface area contributed by atoms with E-state index in [9.17, 15) is 5.11 Å². The molecule has 0 heterocycles. The molecule has 1 atom stereocenters. The molecule has 1 aromatic rings. The molecule has 2 rings (SSSR count). The number of aliphatic hydroxyl groups excluding tert-OH is 1. The second kappa shape index (κ2) is 5.29. The highest BCUT2D eigenvalue weighted by atomic mass is 16.3. The largest absolute Gasteiger partial charge is 0.394 e. The molecular weight excluding hydrogens is 224 g/mol. The summed E-state index contributed by atoms with van der Waals surface area (Å²) in [4.78, 5) is 2.23. The van der Waals surface area contributed by atoms with Gasteiger partial charge in [0.25, 0.3) is 0 Å². The van der Waals surface area contributed by atoms with E-state index in [0.717, 1.165) is 6.54 Å². The van der Waals surface area contributed by atoms with Gasteiger partial charge in [0.2, 0.25) is 0 Å². The van der Waals surface area contributed by atoms with E-state index >= 15 is 0 Å². The van der Waals surface area contributed by atoms with Crippen LogP contribution in [0.2, 0.25) is 0 Å². The number of likely N-dealkylation sites (N-methyl/N-ethyl adjacent to an activating group) is 2. The quantitative estimate of drug-likeness (QED) is 0.805. The summed E-state index contributed by atoms with van der Waals surface area (Å²) in [6.07, 6.45) is 2.45. The van der Waals surface area contributed by atoms with Gasteiger partial charge in [-0.05, 0) is 44.9 Å². The van der Waals surface area contributed by atoms with Crippen molar-refractivity contribution in [1.29, 1.82) is 0 Å². The Morgan fingerprint density at radius 3 is 2.39 bits per heavy atom. The standard InChI is InChI=1S/C15H24N2O/c1-12-4-8-14(9-5-12)17(3)10-15(11-18,16-2)13-6-7-13/h4-5,8-9,13,16,18H,6-7,10-11H2,1-3H3. The summed E-state index contributed by atoms with van der Waals surface area (Å²) in [5, 5.41) is 13.1. The van der Waals surface area contributed by atoms with Crippen LogP contribution in [0.5, 0.6) is 0 Å². The summed E-state index contributed by atoms with van der Waals surface area (Å²) in [7, 11) is 4.05. The van der Waals surface area contributed by atoms with Gasteiger partial charge in [-0.1, -0.05) is 17.7 Å². The molecule has 1 saturated carbocycles. The first kappa shape index (κ1) is 13.4. The van der Waals surface area contributed by atoms with Crippen LogP contribution in [0.1, 0.15) is 18.4 Å². The summed E-state index contributed by atoms with van der Waals surface area (Å²) < 4.78 is 0. The molecule has 0 bridgehead atoms. The van der Waals surface area contributed by atoms with Gasteiger partial charge < -0.3 is 15.3 Å². The van der Waals surface area contributed by atoms with E-state index < -0.39 is 0 Å². The van der Waals surface area contributed by atoms with Crippen molar-refractivity contribution in [3.8, 4) is 0 Å². The fraction of sp³-hybridized carbons (Fsp3) is 0.600. The molecule has 1 aliphatic rings. The van der Waals surface area contributed by atoms with Crippen molar-refractivity contribution in [2.45, 2.75) is 25.3 Å². The molecular formula is C15H24N2O. The Bertz CT molecular complexity index is 380. The van der Waals surface area contributed by atoms with Gasteiger partial charge in [-0.15, -0.1) is 0 Å². The maximum atomic E-state index is 9.74. The van der Waals surface area contributed by atoms with Crippen LogP contribution in [-0.4, -0.2) is 37.9 Å². The summed E-state index contributed by atoms with van der Waals surface area (Å²) >= 11 is 0. The first-order valence-electron chi connectivity index (χ1n) is 6.69. The van der Waals surface area contributed by atoms with E-state index in [-0.39, 0.29) is 12.1 Å². The molecule has 1 fully saturated rings. The lowest BCUT2D eigenvalue weighted by molar-refractivity contribution is 0.153. The number of aryl methyl sites for hydroxylation is 1. The Balaban J connectivity index is 2.09. The maximum Gasteiger partial charge on any atom is 0.0633 e. The van der Waals surface area contributed by atoms with Crippen molar-refractivity contribution in [1.82, 2.24) is 5.32 Å². The zero-order chi connectivity index (χ0) is 13.2. The summed E-state index contributed by atoms with van der Waals surface area (Å²) in [5.74, 6) is 0.611. The monoisotopic (exact) mass is 248 g/mol. The normalized spacial score (nSPS) is 18.4. The predicted molar refractivity (Wildman–Crippen MR) is 76.0 cm³/mol. The number of hydrogen-bond acceptors (Lipinski definition) is 3. The fourth-order valence-electron chi connectivity index (χ4n) is 2.62. The number of rotatable bonds is 6. The summed E-state index contributed by atoms with van der Waals surface area (Å²) in [5.41, 5.74) is 2.32. The van der Waals surface area contributed by atoms with E-state index in [2.05, 4.69) is 48.5 Å². The number of nitrogens with zero attached hydrogens (tertiary/aromatic N) is 1. The van der Waals surface area contributed by atoms with Crippen LogP contribution in [0.25, 0.3) is 0 Å². The van der Waals surface area contributed by atoms with E-state index in [0.29, 0.717) is 5.92 Å². The highest BCUT2D eigenvalue weighted by molar-refractivity contribution is 5.47. The van der Waals surface area contributed by atoms with Crippen LogP contribution in [0, 0.1) is 12.8 Å². The second-order valence-electron chi connectivity index (χ2n) is 5.53. The van der Waals surface area contributed by atoms with E-state index in [4.69, 9.17) is 0 Å². The zero-order valence-electron chi connectivity index (χ0n) is 11.6. The summed E-state index contributed by atoms with van der Waals surface area (Å²) in [6.45, 7) is 3.14. The lowest BCUT2D eigenvalue weighted by Gasteiger charge is -2.36. The van der Waals surface area contributed by atoms with Crippen LogP contribution in [0.3, 0.4) is 0 Å². The molecule has 0 amide bonds. The highest BCUT2D eigenvalue weighted by Crippen LogP contribution is 2.40. The molecule has 1 aliphatic carbocycles.